The topological polar surface area (TPSA) is 96.8 Å². The van der Waals surface area contributed by atoms with E-state index in [1.807, 2.05) is 20.8 Å². The molecule has 2 heterocycles. The van der Waals surface area contributed by atoms with E-state index in [0.717, 1.165) is 25.7 Å². The Labute approximate surface area is 142 Å². The largest absolute Gasteiger partial charge is 0.444 e. The van der Waals surface area contributed by atoms with E-state index in [0.29, 0.717) is 26.2 Å². The molecule has 8 heteroatoms. The van der Waals surface area contributed by atoms with Crippen molar-refractivity contribution >= 4 is 6.09 Å². The highest BCUT2D eigenvalue weighted by Gasteiger charge is 2.54. The Morgan fingerprint density at radius 1 is 1.25 bits per heavy atom. The second-order valence-corrected chi connectivity index (χ2v) is 7.99. The predicted molar refractivity (Wildman–Crippen MR) is 86.3 cm³/mol. The minimum Gasteiger partial charge on any atom is -0.444 e. The maximum atomic E-state index is 12.7. The first-order valence-corrected chi connectivity index (χ1v) is 8.60. The van der Waals surface area contributed by atoms with Crippen LogP contribution < -0.4 is 0 Å². The molecule has 2 spiro atoms. The van der Waals surface area contributed by atoms with Crippen molar-refractivity contribution in [1.29, 1.82) is 0 Å². The van der Waals surface area contributed by atoms with Crippen molar-refractivity contribution in [2.45, 2.75) is 75.8 Å². The molecule has 0 aromatic rings. The molecule has 0 bridgehead atoms. The molecular formula is C16H26N4O4. The van der Waals surface area contributed by atoms with E-state index in [1.165, 1.54) is 0 Å². The standard InChI is InChI=1S/C16H26N4O4/c1-14(2,3)24-13(21)20-11-12(18-19-17)10-15(20)4-6-16(7-5-15)22-8-9-23-16/h12H,4-11H2,1-3H3/t12-/m0/s1. The summed E-state index contributed by atoms with van der Waals surface area (Å²) in [6.45, 7) is 7.24. The van der Waals surface area contributed by atoms with Gasteiger partial charge in [-0.25, -0.2) is 4.79 Å². The van der Waals surface area contributed by atoms with Crippen LogP contribution >= 0.6 is 0 Å². The Hall–Kier alpha value is -1.50. The number of hydrogen-bond donors (Lipinski definition) is 0. The summed E-state index contributed by atoms with van der Waals surface area (Å²) in [7, 11) is 0. The average molecular weight is 338 g/mol. The molecule has 3 rings (SSSR count). The maximum Gasteiger partial charge on any atom is 0.410 e. The van der Waals surface area contributed by atoms with Crippen LogP contribution in [0.25, 0.3) is 10.4 Å². The van der Waals surface area contributed by atoms with Crippen molar-refractivity contribution < 1.29 is 19.0 Å². The SMILES string of the molecule is CC(C)(C)OC(=O)N1C[C@@H](N=[N+]=[N-])CC12CCC1(CC2)OCCO1. The summed E-state index contributed by atoms with van der Waals surface area (Å²) >= 11 is 0. The fourth-order valence-electron chi connectivity index (χ4n) is 4.11. The van der Waals surface area contributed by atoms with Gasteiger partial charge in [-0.15, -0.1) is 0 Å². The molecule has 24 heavy (non-hydrogen) atoms. The molecule has 0 aromatic carbocycles. The molecule has 1 amide bonds. The zero-order chi connectivity index (χ0) is 17.4. The first-order valence-electron chi connectivity index (χ1n) is 8.60. The maximum absolute atomic E-state index is 12.7. The predicted octanol–water partition coefficient (Wildman–Crippen LogP) is 3.36. The number of nitrogens with zero attached hydrogens (tertiary/aromatic N) is 4. The van der Waals surface area contributed by atoms with Gasteiger partial charge in [0.25, 0.3) is 0 Å². The fourth-order valence-corrected chi connectivity index (χ4v) is 4.11. The van der Waals surface area contributed by atoms with Crippen LogP contribution in [0.15, 0.2) is 5.11 Å². The van der Waals surface area contributed by atoms with Gasteiger partial charge < -0.3 is 19.1 Å². The molecule has 0 unspecified atom stereocenters. The molecule has 1 saturated carbocycles. The Morgan fingerprint density at radius 2 is 1.88 bits per heavy atom. The summed E-state index contributed by atoms with van der Waals surface area (Å²) < 4.78 is 17.2. The highest BCUT2D eigenvalue weighted by molar-refractivity contribution is 5.70. The van der Waals surface area contributed by atoms with Crippen molar-refractivity contribution in [3.8, 4) is 0 Å². The number of ether oxygens (including phenoxy) is 3. The third kappa shape index (κ3) is 3.31. The molecule has 0 N–H and O–H groups in total. The minimum absolute atomic E-state index is 0.206. The Kier molecular flexibility index (Phi) is 4.40. The summed E-state index contributed by atoms with van der Waals surface area (Å²) in [5.41, 5.74) is 7.89. The Balaban J connectivity index is 1.77. The van der Waals surface area contributed by atoms with Crippen molar-refractivity contribution in [1.82, 2.24) is 4.90 Å². The number of rotatable bonds is 1. The van der Waals surface area contributed by atoms with Crippen molar-refractivity contribution in [3.63, 3.8) is 0 Å². The first kappa shape index (κ1) is 17.3. The number of hydrogen-bond acceptors (Lipinski definition) is 5. The van der Waals surface area contributed by atoms with Crippen LogP contribution in [0.2, 0.25) is 0 Å². The number of carbonyl (C=O) groups is 1. The zero-order valence-corrected chi connectivity index (χ0v) is 14.7. The molecule has 1 aliphatic carbocycles. The Morgan fingerprint density at radius 3 is 2.42 bits per heavy atom. The van der Waals surface area contributed by atoms with Gasteiger partial charge in [0.15, 0.2) is 5.79 Å². The van der Waals surface area contributed by atoms with Crippen LogP contribution in [0.5, 0.6) is 0 Å². The molecule has 134 valence electrons. The monoisotopic (exact) mass is 338 g/mol. The van der Waals surface area contributed by atoms with Crippen LogP contribution in [-0.2, 0) is 14.2 Å². The molecule has 3 fully saturated rings. The van der Waals surface area contributed by atoms with Crippen LogP contribution in [0, 0.1) is 0 Å². The Bertz CT molecular complexity index is 537. The van der Waals surface area contributed by atoms with Crippen molar-refractivity contribution in [2.75, 3.05) is 19.8 Å². The van der Waals surface area contributed by atoms with Gasteiger partial charge in [0, 0.05) is 29.8 Å². The highest BCUT2D eigenvalue weighted by Crippen LogP contribution is 2.48. The van der Waals surface area contributed by atoms with E-state index in [4.69, 9.17) is 19.7 Å². The molecule has 2 aliphatic heterocycles. The summed E-state index contributed by atoms with van der Waals surface area (Å²) in [5, 5.41) is 3.86. The zero-order valence-electron chi connectivity index (χ0n) is 14.7. The van der Waals surface area contributed by atoms with E-state index >= 15 is 0 Å². The summed E-state index contributed by atoms with van der Waals surface area (Å²) in [5.74, 6) is -0.485. The van der Waals surface area contributed by atoms with E-state index in [9.17, 15) is 4.79 Å². The van der Waals surface area contributed by atoms with Gasteiger partial charge in [-0.3, -0.25) is 0 Å². The van der Waals surface area contributed by atoms with E-state index in [1.54, 1.807) is 4.90 Å². The fraction of sp³-hybridized carbons (Fsp3) is 0.938. The van der Waals surface area contributed by atoms with Gasteiger partial charge >= 0.3 is 6.09 Å². The van der Waals surface area contributed by atoms with Gasteiger partial charge in [-0.1, -0.05) is 5.11 Å². The van der Waals surface area contributed by atoms with Crippen molar-refractivity contribution in [2.24, 2.45) is 5.11 Å². The molecule has 8 nitrogen and oxygen atoms in total. The average Bonchev–Trinajstić information content (AvgIpc) is 3.07. The third-order valence-corrected chi connectivity index (χ3v) is 5.17. The van der Waals surface area contributed by atoms with Crippen LogP contribution in [-0.4, -0.2) is 53.7 Å². The molecule has 0 aromatic heterocycles. The van der Waals surface area contributed by atoms with E-state index < -0.39 is 11.4 Å². The van der Waals surface area contributed by atoms with Gasteiger partial charge in [0.05, 0.1) is 19.3 Å². The minimum atomic E-state index is -0.553. The van der Waals surface area contributed by atoms with E-state index in [-0.39, 0.29) is 17.7 Å². The van der Waals surface area contributed by atoms with Crippen LogP contribution in [0.3, 0.4) is 0 Å². The number of azide groups is 1. The van der Waals surface area contributed by atoms with Gasteiger partial charge in [-0.2, -0.15) is 0 Å². The second kappa shape index (κ2) is 6.10. The lowest BCUT2D eigenvalue weighted by Gasteiger charge is -2.46. The van der Waals surface area contributed by atoms with Gasteiger partial charge in [-0.05, 0) is 45.6 Å². The number of carbonyl (C=O) groups excluding carboxylic acids is 1. The lowest BCUT2D eigenvalue weighted by molar-refractivity contribution is -0.191. The normalized spacial score (nSPS) is 28.1. The lowest BCUT2D eigenvalue weighted by atomic mass is 9.76. The molecular weight excluding hydrogens is 312 g/mol. The van der Waals surface area contributed by atoms with Gasteiger partial charge in [0.2, 0.25) is 0 Å². The summed E-state index contributed by atoms with van der Waals surface area (Å²) in [6, 6.07) is -0.206. The highest BCUT2D eigenvalue weighted by atomic mass is 16.7. The quantitative estimate of drug-likeness (QED) is 0.416. The molecule has 1 atom stereocenters. The van der Waals surface area contributed by atoms with Crippen LogP contribution in [0.4, 0.5) is 4.79 Å². The van der Waals surface area contributed by atoms with Gasteiger partial charge in [0.1, 0.15) is 5.60 Å². The number of amides is 1. The third-order valence-electron chi connectivity index (χ3n) is 5.17. The smallest absolute Gasteiger partial charge is 0.410 e. The summed E-state index contributed by atoms with van der Waals surface area (Å²) in [4.78, 5) is 17.4. The van der Waals surface area contributed by atoms with Crippen molar-refractivity contribution in [3.05, 3.63) is 10.4 Å². The van der Waals surface area contributed by atoms with E-state index in [2.05, 4.69) is 10.0 Å². The summed E-state index contributed by atoms with van der Waals surface area (Å²) in [6.07, 6.45) is 3.37. The lowest BCUT2D eigenvalue weighted by Crippen LogP contribution is -2.53. The van der Waals surface area contributed by atoms with Crippen LogP contribution in [0.1, 0.15) is 52.9 Å². The second-order valence-electron chi connectivity index (χ2n) is 7.99. The first-order chi connectivity index (χ1) is 11.3. The molecule has 0 radical (unpaired) electrons. The molecule has 2 saturated heterocycles. The molecule has 3 aliphatic rings. The number of likely N-dealkylation sites (tertiary alicyclic amines) is 1.